The number of nitrogens with zero attached hydrogens (tertiary/aromatic N) is 1. The fraction of sp³-hybridized carbons (Fsp3) is 0.154. The van der Waals surface area contributed by atoms with Crippen molar-refractivity contribution in [1.29, 1.82) is 0 Å². The lowest BCUT2D eigenvalue weighted by Crippen LogP contribution is -2.01. The van der Waals surface area contributed by atoms with Gasteiger partial charge >= 0.3 is 5.97 Å². The Morgan fingerprint density at radius 1 is 1.35 bits per heavy atom. The molecule has 0 fully saturated rings. The van der Waals surface area contributed by atoms with E-state index < -0.39 is 0 Å². The average molecular weight is 250 g/mol. The van der Waals surface area contributed by atoms with Crippen LogP contribution in [0.3, 0.4) is 0 Å². The molecule has 17 heavy (non-hydrogen) atoms. The summed E-state index contributed by atoms with van der Waals surface area (Å²) in [6.07, 6.45) is 3.61. The predicted octanol–water partition coefficient (Wildman–Crippen LogP) is 3.13. The summed E-state index contributed by atoms with van der Waals surface area (Å²) in [7, 11) is 3.23. The number of methoxy groups -OCH3 is 1. The molecule has 0 aliphatic carbocycles. The molecule has 0 saturated heterocycles. The maximum Gasteiger partial charge on any atom is 0.340 e. The van der Waals surface area contributed by atoms with Crippen LogP contribution in [0.5, 0.6) is 0 Å². The van der Waals surface area contributed by atoms with Gasteiger partial charge in [-0.3, -0.25) is 0 Å². The van der Waals surface area contributed by atoms with Crippen LogP contribution in [-0.2, 0) is 11.8 Å². The van der Waals surface area contributed by atoms with Gasteiger partial charge < -0.3 is 9.30 Å². The highest BCUT2D eigenvalue weighted by atomic mass is 35.5. The molecular weight excluding hydrogens is 238 g/mol. The van der Waals surface area contributed by atoms with Crippen LogP contribution in [0.25, 0.3) is 11.1 Å². The van der Waals surface area contributed by atoms with Crippen LogP contribution < -0.4 is 0 Å². The lowest BCUT2D eigenvalue weighted by Gasteiger charge is -2.02. The fourth-order valence-electron chi connectivity index (χ4n) is 1.74. The van der Waals surface area contributed by atoms with Gasteiger partial charge in [-0.25, -0.2) is 4.79 Å². The molecule has 0 unspecified atom stereocenters. The predicted molar refractivity (Wildman–Crippen MR) is 67.2 cm³/mol. The van der Waals surface area contributed by atoms with Crippen molar-refractivity contribution < 1.29 is 9.53 Å². The number of carbonyl (C=O) groups is 1. The number of aryl methyl sites for hydroxylation is 1. The Bertz CT molecular complexity index is 560. The first kappa shape index (κ1) is 11.7. The second kappa shape index (κ2) is 4.63. The van der Waals surface area contributed by atoms with Crippen LogP contribution in [-0.4, -0.2) is 17.6 Å². The summed E-state index contributed by atoms with van der Waals surface area (Å²) in [6.45, 7) is 0. The summed E-state index contributed by atoms with van der Waals surface area (Å²) in [5.41, 5.74) is 2.26. The smallest absolute Gasteiger partial charge is 0.340 e. The molecule has 88 valence electrons. The minimum atomic E-state index is -0.347. The largest absolute Gasteiger partial charge is 0.465 e. The Hall–Kier alpha value is -1.74. The fourth-order valence-corrected chi connectivity index (χ4v) is 1.93. The molecule has 3 nitrogen and oxygen atoms in total. The number of aromatic nitrogens is 1. The van der Waals surface area contributed by atoms with Gasteiger partial charge in [-0.15, -0.1) is 0 Å². The summed E-state index contributed by atoms with van der Waals surface area (Å²) in [4.78, 5) is 11.6. The highest BCUT2D eigenvalue weighted by molar-refractivity contribution is 6.30. The zero-order valence-corrected chi connectivity index (χ0v) is 10.4. The molecule has 2 aromatic rings. The minimum Gasteiger partial charge on any atom is -0.465 e. The molecule has 1 aromatic carbocycles. The van der Waals surface area contributed by atoms with Gasteiger partial charge in [0.25, 0.3) is 0 Å². The Morgan fingerprint density at radius 2 is 2.12 bits per heavy atom. The molecule has 4 heteroatoms. The third kappa shape index (κ3) is 2.34. The second-order valence-corrected chi connectivity index (χ2v) is 4.19. The molecule has 0 saturated carbocycles. The first-order valence-electron chi connectivity index (χ1n) is 5.12. The van der Waals surface area contributed by atoms with Crippen molar-refractivity contribution >= 4 is 17.6 Å². The van der Waals surface area contributed by atoms with E-state index in [1.165, 1.54) is 7.11 Å². The lowest BCUT2D eigenvalue weighted by molar-refractivity contribution is 0.0601. The normalized spacial score (nSPS) is 10.3. The molecule has 0 aliphatic rings. The number of ether oxygens (including phenoxy) is 1. The summed E-state index contributed by atoms with van der Waals surface area (Å²) >= 11 is 5.94. The van der Waals surface area contributed by atoms with E-state index in [9.17, 15) is 4.79 Å². The molecule has 0 radical (unpaired) electrons. The van der Waals surface area contributed by atoms with Gasteiger partial charge in [0.15, 0.2) is 0 Å². The summed E-state index contributed by atoms with van der Waals surface area (Å²) in [5, 5.41) is 0.641. The van der Waals surface area contributed by atoms with Crippen molar-refractivity contribution in [1.82, 2.24) is 4.57 Å². The minimum absolute atomic E-state index is 0.347. The van der Waals surface area contributed by atoms with Crippen molar-refractivity contribution in [2.75, 3.05) is 7.11 Å². The molecule has 0 bridgehead atoms. The number of benzene rings is 1. The van der Waals surface area contributed by atoms with Crippen LogP contribution >= 0.6 is 11.6 Å². The molecule has 0 atom stereocenters. The van der Waals surface area contributed by atoms with E-state index in [0.29, 0.717) is 10.6 Å². The molecular formula is C13H12ClNO2. The van der Waals surface area contributed by atoms with E-state index in [-0.39, 0.29) is 5.97 Å². The summed E-state index contributed by atoms with van der Waals surface area (Å²) < 4.78 is 6.58. The third-order valence-electron chi connectivity index (χ3n) is 2.50. The first-order chi connectivity index (χ1) is 8.11. The van der Waals surface area contributed by atoms with E-state index in [1.807, 2.05) is 36.0 Å². The number of esters is 1. The number of hydrogen-bond acceptors (Lipinski definition) is 2. The molecule has 0 amide bonds. The van der Waals surface area contributed by atoms with Crippen molar-refractivity contribution in [2.45, 2.75) is 0 Å². The van der Waals surface area contributed by atoms with Crippen molar-refractivity contribution in [3.05, 3.63) is 47.2 Å². The highest BCUT2D eigenvalue weighted by Gasteiger charge is 2.15. The van der Waals surface area contributed by atoms with Gasteiger partial charge in [-0.1, -0.05) is 23.7 Å². The molecule has 1 aromatic heterocycles. The Morgan fingerprint density at radius 3 is 2.76 bits per heavy atom. The van der Waals surface area contributed by atoms with E-state index in [4.69, 9.17) is 16.3 Å². The van der Waals surface area contributed by atoms with E-state index >= 15 is 0 Å². The first-order valence-corrected chi connectivity index (χ1v) is 5.50. The molecule has 0 aliphatic heterocycles. The van der Waals surface area contributed by atoms with Gasteiger partial charge in [0, 0.05) is 30.0 Å². The van der Waals surface area contributed by atoms with E-state index in [2.05, 4.69) is 0 Å². The van der Waals surface area contributed by atoms with Crippen molar-refractivity contribution in [3.63, 3.8) is 0 Å². The lowest BCUT2D eigenvalue weighted by atomic mass is 10.1. The standard InChI is InChI=1S/C13H12ClNO2/c1-15-7-11(12(8-15)13(16)17-2)9-4-3-5-10(14)6-9/h3-8H,1-2H3. The molecule has 1 heterocycles. The monoisotopic (exact) mass is 249 g/mol. The topological polar surface area (TPSA) is 31.2 Å². The summed E-state index contributed by atoms with van der Waals surface area (Å²) in [6, 6.07) is 7.38. The molecule has 0 spiro atoms. The SMILES string of the molecule is COC(=O)c1cn(C)cc1-c1cccc(Cl)c1. The van der Waals surface area contributed by atoms with Crippen molar-refractivity contribution in [3.8, 4) is 11.1 Å². The van der Waals surface area contributed by atoms with Gasteiger partial charge in [-0.2, -0.15) is 0 Å². The van der Waals surface area contributed by atoms with Crippen LogP contribution in [0.15, 0.2) is 36.7 Å². The van der Waals surface area contributed by atoms with E-state index in [0.717, 1.165) is 11.1 Å². The van der Waals surface area contributed by atoms with Crippen LogP contribution in [0.1, 0.15) is 10.4 Å². The van der Waals surface area contributed by atoms with Crippen LogP contribution in [0.2, 0.25) is 5.02 Å². The quantitative estimate of drug-likeness (QED) is 0.766. The number of hydrogen-bond donors (Lipinski definition) is 0. The Balaban J connectivity index is 2.55. The van der Waals surface area contributed by atoms with Crippen molar-refractivity contribution in [2.24, 2.45) is 7.05 Å². The van der Waals surface area contributed by atoms with Gasteiger partial charge in [0.05, 0.1) is 12.7 Å². The Kier molecular flexibility index (Phi) is 3.20. The number of rotatable bonds is 2. The van der Waals surface area contributed by atoms with Crippen LogP contribution in [0, 0.1) is 0 Å². The summed E-state index contributed by atoms with van der Waals surface area (Å²) in [5.74, 6) is -0.347. The Labute approximate surface area is 105 Å². The molecule has 0 N–H and O–H groups in total. The average Bonchev–Trinajstić information content (AvgIpc) is 2.70. The zero-order chi connectivity index (χ0) is 12.4. The van der Waals surface area contributed by atoms with Gasteiger partial charge in [0.1, 0.15) is 0 Å². The number of carbonyl (C=O) groups excluding carboxylic acids is 1. The maximum absolute atomic E-state index is 11.6. The number of halogens is 1. The van der Waals surface area contributed by atoms with Gasteiger partial charge in [0.2, 0.25) is 0 Å². The highest BCUT2D eigenvalue weighted by Crippen LogP contribution is 2.27. The zero-order valence-electron chi connectivity index (χ0n) is 9.61. The van der Waals surface area contributed by atoms with Gasteiger partial charge in [-0.05, 0) is 17.7 Å². The second-order valence-electron chi connectivity index (χ2n) is 3.75. The third-order valence-corrected chi connectivity index (χ3v) is 2.73. The molecule has 2 rings (SSSR count). The van der Waals surface area contributed by atoms with E-state index in [1.54, 1.807) is 12.3 Å². The van der Waals surface area contributed by atoms with Crippen LogP contribution in [0.4, 0.5) is 0 Å². The maximum atomic E-state index is 11.6.